The summed E-state index contributed by atoms with van der Waals surface area (Å²) < 4.78 is 0. The van der Waals surface area contributed by atoms with E-state index in [4.69, 9.17) is 5.11 Å². The molecule has 0 saturated heterocycles. The van der Waals surface area contributed by atoms with Crippen LogP contribution in [0.25, 0.3) is 0 Å². The number of aryl methyl sites for hydroxylation is 1. The first kappa shape index (κ1) is 15.0. The number of benzene rings is 1. The highest BCUT2D eigenvalue weighted by atomic mass is 32.1. The van der Waals surface area contributed by atoms with Crippen molar-refractivity contribution in [2.75, 3.05) is 11.9 Å². The average Bonchev–Trinajstić information content (AvgIpc) is 2.93. The molecule has 0 atom stereocenters. The fourth-order valence-electron chi connectivity index (χ4n) is 1.71. The number of carboxylic acid groups (broad SMARTS) is 1. The van der Waals surface area contributed by atoms with Crippen LogP contribution in [0.5, 0.6) is 0 Å². The quantitative estimate of drug-likeness (QED) is 0.909. The molecular weight excluding hydrogens is 290 g/mol. The minimum absolute atomic E-state index is 0.00344. The molecule has 2 rings (SSSR count). The normalized spacial score (nSPS) is 10.2. The second-order valence-electron chi connectivity index (χ2n) is 4.49. The summed E-state index contributed by atoms with van der Waals surface area (Å²) >= 11 is 1.20. The molecule has 0 aliphatic carbocycles. The second-order valence-corrected chi connectivity index (χ2v) is 5.43. The minimum atomic E-state index is -1.07. The van der Waals surface area contributed by atoms with Crippen LogP contribution in [0.2, 0.25) is 0 Å². The zero-order valence-electron chi connectivity index (χ0n) is 11.7. The highest BCUT2D eigenvalue weighted by Gasteiger charge is 2.13. The number of urea groups is 1. The van der Waals surface area contributed by atoms with Crippen molar-refractivity contribution in [1.29, 1.82) is 0 Å². The first-order valence-corrected chi connectivity index (χ1v) is 7.11. The molecule has 7 heteroatoms. The number of anilines is 1. The van der Waals surface area contributed by atoms with Gasteiger partial charge in [-0.2, -0.15) is 0 Å². The predicted octanol–water partition coefficient (Wildman–Crippen LogP) is 2.50. The van der Waals surface area contributed by atoms with Gasteiger partial charge >= 0.3 is 12.0 Å². The van der Waals surface area contributed by atoms with Crippen molar-refractivity contribution in [1.82, 2.24) is 10.3 Å². The SMILES string of the molecule is Cc1cccc(N(C)C(=O)NCc2nc(C(=O)O)cs2)c1. The Bertz CT molecular complexity index is 669. The third-order valence-corrected chi connectivity index (χ3v) is 3.70. The predicted molar refractivity (Wildman–Crippen MR) is 80.9 cm³/mol. The van der Waals surface area contributed by atoms with E-state index in [9.17, 15) is 9.59 Å². The lowest BCUT2D eigenvalue weighted by molar-refractivity contribution is 0.0691. The Morgan fingerprint density at radius 1 is 1.43 bits per heavy atom. The Morgan fingerprint density at radius 3 is 2.81 bits per heavy atom. The largest absolute Gasteiger partial charge is 0.476 e. The van der Waals surface area contributed by atoms with Gasteiger partial charge in [-0.1, -0.05) is 12.1 Å². The Kier molecular flexibility index (Phi) is 4.54. The number of nitrogens with one attached hydrogen (secondary N) is 1. The molecule has 0 spiro atoms. The van der Waals surface area contributed by atoms with E-state index < -0.39 is 5.97 Å². The smallest absolute Gasteiger partial charge is 0.355 e. The zero-order valence-corrected chi connectivity index (χ0v) is 12.5. The van der Waals surface area contributed by atoms with Crippen LogP contribution in [0.3, 0.4) is 0 Å². The van der Waals surface area contributed by atoms with Gasteiger partial charge < -0.3 is 10.4 Å². The Balaban J connectivity index is 1.96. The molecule has 6 nitrogen and oxygen atoms in total. The molecule has 1 heterocycles. The summed E-state index contributed by atoms with van der Waals surface area (Å²) in [6, 6.07) is 7.32. The molecule has 2 amide bonds. The van der Waals surface area contributed by atoms with Gasteiger partial charge in [-0.25, -0.2) is 14.6 Å². The Hall–Kier alpha value is -2.41. The van der Waals surface area contributed by atoms with Crippen molar-refractivity contribution in [3.63, 3.8) is 0 Å². The van der Waals surface area contributed by atoms with Crippen LogP contribution in [0.1, 0.15) is 21.1 Å². The molecule has 2 N–H and O–H groups in total. The number of amides is 2. The van der Waals surface area contributed by atoms with Crippen LogP contribution in [0.15, 0.2) is 29.6 Å². The van der Waals surface area contributed by atoms with Crippen LogP contribution in [-0.2, 0) is 6.54 Å². The topological polar surface area (TPSA) is 82.5 Å². The number of thiazole rings is 1. The number of hydrogen-bond donors (Lipinski definition) is 2. The molecule has 110 valence electrons. The monoisotopic (exact) mass is 305 g/mol. The first-order chi connectivity index (χ1) is 9.97. The van der Waals surface area contributed by atoms with Crippen LogP contribution in [0, 0.1) is 6.92 Å². The number of nitrogens with zero attached hydrogens (tertiary/aromatic N) is 2. The van der Waals surface area contributed by atoms with Gasteiger partial charge in [0.15, 0.2) is 5.69 Å². The molecule has 0 fully saturated rings. The molecule has 1 aromatic carbocycles. The van der Waals surface area contributed by atoms with E-state index in [1.165, 1.54) is 21.6 Å². The lowest BCUT2D eigenvalue weighted by Gasteiger charge is -2.18. The first-order valence-electron chi connectivity index (χ1n) is 6.23. The number of aromatic nitrogens is 1. The van der Waals surface area contributed by atoms with Crippen LogP contribution in [0.4, 0.5) is 10.5 Å². The summed E-state index contributed by atoms with van der Waals surface area (Å²) in [5.41, 5.74) is 1.85. The standard InChI is InChI=1S/C14H15N3O3S/c1-9-4-3-5-10(6-9)17(2)14(20)15-7-12-16-11(8-21-12)13(18)19/h3-6,8H,7H2,1-2H3,(H,15,20)(H,18,19). The molecular formula is C14H15N3O3S. The summed E-state index contributed by atoms with van der Waals surface area (Å²) in [7, 11) is 1.68. The van der Waals surface area contributed by atoms with Crippen LogP contribution in [-0.4, -0.2) is 29.1 Å². The summed E-state index contributed by atoms with van der Waals surface area (Å²) in [6.45, 7) is 2.16. The summed E-state index contributed by atoms with van der Waals surface area (Å²) in [5.74, 6) is -1.07. The van der Waals surface area contributed by atoms with Crippen molar-refractivity contribution in [3.8, 4) is 0 Å². The van der Waals surface area contributed by atoms with Crippen molar-refractivity contribution in [2.45, 2.75) is 13.5 Å². The number of aromatic carboxylic acids is 1. The molecule has 21 heavy (non-hydrogen) atoms. The fraction of sp³-hybridized carbons (Fsp3) is 0.214. The molecule has 0 bridgehead atoms. The van der Waals surface area contributed by atoms with Crippen molar-refractivity contribution in [3.05, 3.63) is 45.9 Å². The lowest BCUT2D eigenvalue weighted by Crippen LogP contribution is -2.36. The van der Waals surface area contributed by atoms with Crippen molar-refractivity contribution in [2.24, 2.45) is 0 Å². The van der Waals surface area contributed by atoms with Crippen molar-refractivity contribution >= 4 is 29.0 Å². The average molecular weight is 305 g/mol. The molecule has 2 aromatic rings. The van der Waals surface area contributed by atoms with E-state index in [0.29, 0.717) is 5.01 Å². The van der Waals surface area contributed by atoms with Gasteiger partial charge in [0.25, 0.3) is 0 Å². The number of carbonyl (C=O) groups excluding carboxylic acids is 1. The highest BCUT2D eigenvalue weighted by Crippen LogP contribution is 2.15. The minimum Gasteiger partial charge on any atom is -0.476 e. The van der Waals surface area contributed by atoms with E-state index in [1.54, 1.807) is 7.05 Å². The third kappa shape index (κ3) is 3.79. The molecule has 1 aromatic heterocycles. The summed E-state index contributed by atoms with van der Waals surface area (Å²) in [4.78, 5) is 28.2. The van der Waals surface area contributed by atoms with Gasteiger partial charge in [0, 0.05) is 18.1 Å². The summed E-state index contributed by atoms with van der Waals surface area (Å²) in [6.07, 6.45) is 0. The summed E-state index contributed by atoms with van der Waals surface area (Å²) in [5, 5.41) is 13.5. The fourth-order valence-corrected chi connectivity index (χ4v) is 2.42. The van der Waals surface area contributed by atoms with Crippen molar-refractivity contribution < 1.29 is 14.7 Å². The highest BCUT2D eigenvalue weighted by molar-refractivity contribution is 7.09. The van der Waals surface area contributed by atoms with Gasteiger partial charge in [-0.05, 0) is 24.6 Å². The molecule has 0 unspecified atom stereocenters. The number of hydrogen-bond acceptors (Lipinski definition) is 4. The van der Waals surface area contributed by atoms with E-state index in [-0.39, 0.29) is 18.3 Å². The van der Waals surface area contributed by atoms with E-state index in [1.807, 2.05) is 31.2 Å². The van der Waals surface area contributed by atoms with Gasteiger partial charge in [0.2, 0.25) is 0 Å². The van der Waals surface area contributed by atoms with Gasteiger partial charge in [-0.15, -0.1) is 11.3 Å². The van der Waals surface area contributed by atoms with E-state index in [2.05, 4.69) is 10.3 Å². The number of carboxylic acids is 1. The molecule has 0 aliphatic heterocycles. The third-order valence-electron chi connectivity index (χ3n) is 2.86. The van der Waals surface area contributed by atoms with E-state index >= 15 is 0 Å². The maximum absolute atomic E-state index is 12.0. The molecule has 0 saturated carbocycles. The van der Waals surface area contributed by atoms with Gasteiger partial charge in [0.1, 0.15) is 5.01 Å². The lowest BCUT2D eigenvalue weighted by atomic mass is 10.2. The molecule has 0 radical (unpaired) electrons. The maximum atomic E-state index is 12.0. The van der Waals surface area contributed by atoms with Crippen LogP contribution >= 0.6 is 11.3 Å². The van der Waals surface area contributed by atoms with Crippen LogP contribution < -0.4 is 10.2 Å². The Morgan fingerprint density at radius 2 is 2.19 bits per heavy atom. The number of rotatable bonds is 4. The van der Waals surface area contributed by atoms with Gasteiger partial charge in [-0.3, -0.25) is 4.90 Å². The van der Waals surface area contributed by atoms with E-state index in [0.717, 1.165) is 11.3 Å². The zero-order chi connectivity index (χ0) is 15.4. The second kappa shape index (κ2) is 6.36. The Labute approximate surface area is 126 Å². The number of carbonyl (C=O) groups is 2. The molecule has 0 aliphatic rings. The maximum Gasteiger partial charge on any atom is 0.355 e. The van der Waals surface area contributed by atoms with Gasteiger partial charge in [0.05, 0.1) is 6.54 Å².